The molecule has 0 aromatic rings. The van der Waals surface area contributed by atoms with E-state index in [1.807, 2.05) is 0 Å². The Labute approximate surface area is 100 Å². The van der Waals surface area contributed by atoms with Crippen molar-refractivity contribution in [2.24, 2.45) is 5.41 Å². The zero-order valence-corrected chi connectivity index (χ0v) is 11.5. The van der Waals surface area contributed by atoms with Crippen LogP contribution in [0.5, 0.6) is 0 Å². The average molecular weight is 228 g/mol. The van der Waals surface area contributed by atoms with Crippen LogP contribution in [-0.2, 0) is 0 Å². The van der Waals surface area contributed by atoms with Crippen molar-refractivity contribution in [3.05, 3.63) is 0 Å². The lowest BCUT2D eigenvalue weighted by Crippen LogP contribution is -2.55. The lowest BCUT2D eigenvalue weighted by molar-refractivity contribution is 0.00601. The molecule has 1 heterocycles. The summed E-state index contributed by atoms with van der Waals surface area (Å²) in [4.78, 5) is 4.61. The predicted octanol–water partition coefficient (Wildman–Crippen LogP) is 1.42. The zero-order valence-electron chi connectivity index (χ0n) is 11.5. The number of nitrogens with zero attached hydrogens (tertiary/aromatic N) is 2. The fourth-order valence-corrected chi connectivity index (χ4v) is 2.23. The number of likely N-dealkylation sites (N-methyl/N-ethyl adjacent to an activating group) is 2. The van der Waals surface area contributed by atoms with Crippen molar-refractivity contribution in [2.75, 3.05) is 33.7 Å². The molecule has 3 heteroatoms. The molecular formula is C13H28N2O. The highest BCUT2D eigenvalue weighted by molar-refractivity contribution is 4.85. The molecule has 1 aliphatic rings. The van der Waals surface area contributed by atoms with Crippen molar-refractivity contribution in [2.45, 2.75) is 45.8 Å². The van der Waals surface area contributed by atoms with Gasteiger partial charge in [0.15, 0.2) is 0 Å². The zero-order chi connectivity index (χ0) is 12.3. The van der Waals surface area contributed by atoms with Gasteiger partial charge in [0.2, 0.25) is 0 Å². The molecule has 0 saturated carbocycles. The summed E-state index contributed by atoms with van der Waals surface area (Å²) >= 11 is 0. The fourth-order valence-electron chi connectivity index (χ4n) is 2.23. The van der Waals surface area contributed by atoms with Gasteiger partial charge in [0, 0.05) is 25.7 Å². The second kappa shape index (κ2) is 5.48. The molecule has 3 nitrogen and oxygen atoms in total. The Kier molecular flexibility index (Phi) is 4.77. The van der Waals surface area contributed by atoms with Gasteiger partial charge in [-0.2, -0.15) is 0 Å². The van der Waals surface area contributed by atoms with Gasteiger partial charge in [0.05, 0.1) is 6.10 Å². The predicted molar refractivity (Wildman–Crippen MR) is 68.6 cm³/mol. The van der Waals surface area contributed by atoms with Gasteiger partial charge in [-0.25, -0.2) is 0 Å². The van der Waals surface area contributed by atoms with Crippen LogP contribution in [0.4, 0.5) is 0 Å². The van der Waals surface area contributed by atoms with Crippen molar-refractivity contribution < 1.29 is 5.11 Å². The van der Waals surface area contributed by atoms with E-state index in [-0.39, 0.29) is 6.10 Å². The van der Waals surface area contributed by atoms with Crippen molar-refractivity contribution in [3.63, 3.8) is 0 Å². The number of hydrogen-bond donors (Lipinski definition) is 1. The average Bonchev–Trinajstić information content (AvgIpc) is 2.17. The summed E-state index contributed by atoms with van der Waals surface area (Å²) in [5, 5.41) is 10.3. The number of aliphatic hydroxyl groups excluding tert-OH is 1. The van der Waals surface area contributed by atoms with Gasteiger partial charge in [-0.1, -0.05) is 20.8 Å². The minimum absolute atomic E-state index is 0.188. The molecule has 0 aliphatic carbocycles. The first-order valence-electron chi connectivity index (χ1n) is 6.36. The standard InChI is InChI=1S/C13H28N2O/c1-13(2,3)7-6-12(16)11-10-14(4)8-9-15(11)5/h11-12,16H,6-10H2,1-5H3. The van der Waals surface area contributed by atoms with Crippen LogP contribution >= 0.6 is 0 Å². The summed E-state index contributed by atoms with van der Waals surface area (Å²) in [5.41, 5.74) is 0.320. The van der Waals surface area contributed by atoms with E-state index in [0.717, 1.165) is 32.5 Å². The van der Waals surface area contributed by atoms with Crippen LogP contribution < -0.4 is 0 Å². The Morgan fingerprint density at radius 1 is 1.25 bits per heavy atom. The lowest BCUT2D eigenvalue weighted by Gasteiger charge is -2.40. The number of aliphatic hydroxyl groups is 1. The van der Waals surface area contributed by atoms with Crippen molar-refractivity contribution in [1.82, 2.24) is 9.80 Å². The van der Waals surface area contributed by atoms with Gasteiger partial charge in [0.25, 0.3) is 0 Å². The van der Waals surface area contributed by atoms with Gasteiger partial charge in [-0.3, -0.25) is 4.90 Å². The van der Waals surface area contributed by atoms with Crippen LogP contribution in [0, 0.1) is 5.41 Å². The minimum atomic E-state index is -0.188. The van der Waals surface area contributed by atoms with Crippen LogP contribution in [0.15, 0.2) is 0 Å². The highest BCUT2D eigenvalue weighted by atomic mass is 16.3. The van der Waals surface area contributed by atoms with Crippen LogP contribution in [0.2, 0.25) is 0 Å². The van der Waals surface area contributed by atoms with E-state index in [9.17, 15) is 5.11 Å². The fraction of sp³-hybridized carbons (Fsp3) is 1.00. The van der Waals surface area contributed by atoms with Gasteiger partial charge in [-0.05, 0) is 32.4 Å². The summed E-state index contributed by atoms with van der Waals surface area (Å²) in [6, 6.07) is 0.307. The number of hydrogen-bond acceptors (Lipinski definition) is 3. The molecule has 1 saturated heterocycles. The molecule has 1 N–H and O–H groups in total. The second-order valence-electron chi connectivity index (χ2n) is 6.48. The molecule has 2 atom stereocenters. The number of piperazine rings is 1. The van der Waals surface area contributed by atoms with E-state index in [1.54, 1.807) is 0 Å². The highest BCUT2D eigenvalue weighted by Gasteiger charge is 2.29. The first-order valence-corrected chi connectivity index (χ1v) is 6.36. The van der Waals surface area contributed by atoms with E-state index < -0.39 is 0 Å². The summed E-state index contributed by atoms with van der Waals surface area (Å²) in [5.74, 6) is 0. The largest absolute Gasteiger partial charge is 0.391 e. The maximum atomic E-state index is 10.3. The molecule has 1 aliphatic heterocycles. The molecule has 96 valence electrons. The molecule has 1 rings (SSSR count). The molecule has 16 heavy (non-hydrogen) atoms. The van der Waals surface area contributed by atoms with Gasteiger partial charge >= 0.3 is 0 Å². The summed E-state index contributed by atoms with van der Waals surface area (Å²) < 4.78 is 0. The molecule has 0 spiro atoms. The maximum Gasteiger partial charge on any atom is 0.0707 e. The van der Waals surface area contributed by atoms with Crippen molar-refractivity contribution in [3.8, 4) is 0 Å². The molecular weight excluding hydrogens is 200 g/mol. The Bertz CT molecular complexity index is 212. The highest BCUT2D eigenvalue weighted by Crippen LogP contribution is 2.24. The first-order chi connectivity index (χ1) is 7.29. The summed E-state index contributed by atoms with van der Waals surface area (Å²) in [6.07, 6.45) is 1.81. The quantitative estimate of drug-likeness (QED) is 0.791. The maximum absolute atomic E-state index is 10.3. The van der Waals surface area contributed by atoms with Crippen LogP contribution in [0.1, 0.15) is 33.6 Å². The van der Waals surface area contributed by atoms with E-state index in [0.29, 0.717) is 11.5 Å². The Morgan fingerprint density at radius 2 is 1.88 bits per heavy atom. The minimum Gasteiger partial charge on any atom is -0.391 e. The third kappa shape index (κ3) is 4.40. The molecule has 0 radical (unpaired) electrons. The molecule has 0 aromatic carbocycles. The van der Waals surface area contributed by atoms with E-state index in [1.165, 1.54) is 0 Å². The first kappa shape index (κ1) is 13.9. The van der Waals surface area contributed by atoms with E-state index in [2.05, 4.69) is 44.7 Å². The van der Waals surface area contributed by atoms with Gasteiger partial charge < -0.3 is 10.0 Å². The topological polar surface area (TPSA) is 26.7 Å². The third-order valence-electron chi connectivity index (χ3n) is 3.53. The lowest BCUT2D eigenvalue weighted by atomic mass is 9.87. The summed E-state index contributed by atoms with van der Waals surface area (Å²) in [6.45, 7) is 9.86. The Morgan fingerprint density at radius 3 is 2.44 bits per heavy atom. The molecule has 2 unspecified atom stereocenters. The normalized spacial score (nSPS) is 27.0. The van der Waals surface area contributed by atoms with E-state index in [4.69, 9.17) is 0 Å². The molecule has 0 amide bonds. The van der Waals surface area contributed by atoms with Crippen molar-refractivity contribution >= 4 is 0 Å². The number of rotatable bonds is 3. The van der Waals surface area contributed by atoms with Crippen LogP contribution in [0.3, 0.4) is 0 Å². The smallest absolute Gasteiger partial charge is 0.0707 e. The summed E-state index contributed by atoms with van der Waals surface area (Å²) in [7, 11) is 4.26. The Hall–Kier alpha value is -0.120. The second-order valence-corrected chi connectivity index (χ2v) is 6.48. The Balaban J connectivity index is 2.42. The molecule has 0 bridgehead atoms. The monoisotopic (exact) mass is 228 g/mol. The van der Waals surface area contributed by atoms with Crippen LogP contribution in [-0.4, -0.2) is 60.8 Å². The SMILES string of the molecule is CN1CCN(C)C(C(O)CCC(C)(C)C)C1. The van der Waals surface area contributed by atoms with Gasteiger partial charge in [0.1, 0.15) is 0 Å². The third-order valence-corrected chi connectivity index (χ3v) is 3.53. The van der Waals surface area contributed by atoms with Crippen molar-refractivity contribution in [1.29, 1.82) is 0 Å². The molecule has 0 aromatic heterocycles. The van der Waals surface area contributed by atoms with Crippen LogP contribution in [0.25, 0.3) is 0 Å². The van der Waals surface area contributed by atoms with Gasteiger partial charge in [-0.15, -0.1) is 0 Å². The van der Waals surface area contributed by atoms with E-state index >= 15 is 0 Å². The molecule has 1 fully saturated rings.